The Balaban J connectivity index is 1.40. The van der Waals surface area contributed by atoms with Gasteiger partial charge in [0.1, 0.15) is 17.6 Å². The van der Waals surface area contributed by atoms with Crippen molar-refractivity contribution < 1.29 is 18.7 Å². The van der Waals surface area contributed by atoms with Gasteiger partial charge >= 0.3 is 5.97 Å². The Morgan fingerprint density at radius 1 is 1.16 bits per heavy atom. The second-order valence-electron chi connectivity index (χ2n) is 8.76. The fraction of sp³-hybridized carbons (Fsp3) is 0.700. The van der Waals surface area contributed by atoms with Gasteiger partial charge in [-0.15, -0.1) is 0 Å². The fourth-order valence-corrected chi connectivity index (χ4v) is 6.24. The van der Waals surface area contributed by atoms with E-state index < -0.39 is 6.04 Å². The lowest BCUT2D eigenvalue weighted by Crippen LogP contribution is -2.48. The van der Waals surface area contributed by atoms with E-state index in [0.29, 0.717) is 24.4 Å². The van der Waals surface area contributed by atoms with Gasteiger partial charge in [0.25, 0.3) is 5.91 Å². The highest BCUT2D eigenvalue weighted by atomic mass is 16.5. The minimum atomic E-state index is -0.523. The van der Waals surface area contributed by atoms with Gasteiger partial charge in [-0.1, -0.05) is 0 Å². The van der Waals surface area contributed by atoms with E-state index in [4.69, 9.17) is 9.15 Å². The minimum absolute atomic E-state index is 0.143. The van der Waals surface area contributed by atoms with Gasteiger partial charge in [-0.3, -0.25) is 4.79 Å². The molecule has 1 unspecified atom stereocenters. The Morgan fingerprint density at radius 3 is 2.36 bits per heavy atom. The van der Waals surface area contributed by atoms with Crippen LogP contribution in [0.3, 0.4) is 0 Å². The zero-order chi connectivity index (χ0) is 17.2. The Morgan fingerprint density at radius 2 is 1.80 bits per heavy atom. The van der Waals surface area contributed by atoms with Crippen molar-refractivity contribution in [3.05, 3.63) is 23.2 Å². The maximum absolute atomic E-state index is 12.6. The van der Waals surface area contributed by atoms with Crippen LogP contribution in [-0.2, 0) is 14.9 Å². The van der Waals surface area contributed by atoms with Crippen molar-refractivity contribution in [1.29, 1.82) is 0 Å². The topological polar surface area (TPSA) is 68.5 Å². The normalized spacial score (nSPS) is 38.8. The number of hydrogen-bond acceptors (Lipinski definition) is 4. The lowest BCUT2D eigenvalue weighted by atomic mass is 9.49. The van der Waals surface area contributed by atoms with Gasteiger partial charge < -0.3 is 14.5 Å². The second-order valence-corrected chi connectivity index (χ2v) is 8.76. The standard InChI is InChI=1S/C20H25NO4/c1-11-15(18(22)21-16-2-3-24-19(16)23)7-17(25-11)20-8-12-4-13(9-20)6-14(5-12)10-20/h7,12-14,16H,2-6,8-10H2,1H3,(H,21,22). The molecule has 5 fully saturated rings. The van der Waals surface area contributed by atoms with E-state index in [0.717, 1.165) is 23.5 Å². The number of cyclic esters (lactones) is 1. The van der Waals surface area contributed by atoms with Crippen molar-refractivity contribution >= 4 is 11.9 Å². The van der Waals surface area contributed by atoms with E-state index in [1.54, 1.807) is 0 Å². The molecule has 1 amide bonds. The van der Waals surface area contributed by atoms with Crippen LogP contribution >= 0.6 is 0 Å². The smallest absolute Gasteiger partial charge is 0.328 e. The monoisotopic (exact) mass is 343 g/mol. The Hall–Kier alpha value is -1.78. The quantitative estimate of drug-likeness (QED) is 0.856. The highest BCUT2D eigenvalue weighted by Crippen LogP contribution is 2.61. The molecule has 25 heavy (non-hydrogen) atoms. The van der Waals surface area contributed by atoms with Gasteiger partial charge in [-0.25, -0.2) is 4.79 Å². The molecule has 1 saturated heterocycles. The maximum Gasteiger partial charge on any atom is 0.328 e. The molecule has 0 spiro atoms. The summed E-state index contributed by atoms with van der Waals surface area (Å²) in [5.74, 6) is 3.61. The molecule has 0 radical (unpaired) electrons. The number of nitrogens with one attached hydrogen (secondary N) is 1. The summed E-state index contributed by atoms with van der Waals surface area (Å²) in [5, 5.41) is 2.80. The van der Waals surface area contributed by atoms with Crippen LogP contribution in [-0.4, -0.2) is 24.5 Å². The summed E-state index contributed by atoms with van der Waals surface area (Å²) >= 11 is 0. The zero-order valence-corrected chi connectivity index (χ0v) is 14.7. The van der Waals surface area contributed by atoms with E-state index >= 15 is 0 Å². The summed E-state index contributed by atoms with van der Waals surface area (Å²) in [6.07, 6.45) is 8.33. The van der Waals surface area contributed by atoms with Crippen LogP contribution in [0.2, 0.25) is 0 Å². The van der Waals surface area contributed by atoms with Crippen LogP contribution < -0.4 is 5.32 Å². The molecule has 5 nitrogen and oxygen atoms in total. The molecule has 1 aromatic heterocycles. The summed E-state index contributed by atoms with van der Waals surface area (Å²) in [7, 11) is 0. The molecule has 5 heteroatoms. The summed E-state index contributed by atoms with van der Waals surface area (Å²) in [5.41, 5.74) is 0.718. The Labute approximate surface area is 147 Å². The molecule has 4 aliphatic carbocycles. The molecular weight excluding hydrogens is 318 g/mol. The van der Waals surface area contributed by atoms with Crippen LogP contribution in [0, 0.1) is 24.7 Å². The number of rotatable bonds is 3. The molecular formula is C20H25NO4. The molecule has 1 aromatic rings. The average Bonchev–Trinajstić information content (AvgIpc) is 3.13. The van der Waals surface area contributed by atoms with E-state index in [9.17, 15) is 9.59 Å². The molecule has 0 aromatic carbocycles. The van der Waals surface area contributed by atoms with Crippen molar-refractivity contribution in [2.45, 2.75) is 63.3 Å². The molecule has 5 aliphatic rings. The third-order valence-electron chi connectivity index (χ3n) is 6.96. The first kappa shape index (κ1) is 15.5. The summed E-state index contributed by atoms with van der Waals surface area (Å²) < 4.78 is 11.1. The zero-order valence-electron chi connectivity index (χ0n) is 14.7. The van der Waals surface area contributed by atoms with Crippen molar-refractivity contribution in [1.82, 2.24) is 5.32 Å². The third kappa shape index (κ3) is 2.42. The first-order valence-corrected chi connectivity index (χ1v) is 9.61. The summed E-state index contributed by atoms with van der Waals surface area (Å²) in [4.78, 5) is 24.2. The second kappa shape index (κ2) is 5.36. The SMILES string of the molecule is Cc1oc(C23CC4CC(CC(C4)C2)C3)cc1C(=O)NC1CCOC1=O. The molecule has 4 saturated carbocycles. The van der Waals surface area contributed by atoms with E-state index in [1.807, 2.05) is 13.0 Å². The lowest BCUT2D eigenvalue weighted by Gasteiger charge is -2.55. The highest BCUT2D eigenvalue weighted by Gasteiger charge is 2.53. The van der Waals surface area contributed by atoms with Crippen molar-refractivity contribution in [3.63, 3.8) is 0 Å². The van der Waals surface area contributed by atoms with Crippen molar-refractivity contribution in [2.75, 3.05) is 6.61 Å². The highest BCUT2D eigenvalue weighted by molar-refractivity contribution is 5.98. The molecule has 4 bridgehead atoms. The molecule has 1 aliphatic heterocycles. The lowest BCUT2D eigenvalue weighted by molar-refractivity contribution is -0.139. The number of ether oxygens (including phenoxy) is 1. The van der Waals surface area contributed by atoms with Gasteiger partial charge in [-0.05, 0) is 69.3 Å². The van der Waals surface area contributed by atoms with Crippen LogP contribution in [0.1, 0.15) is 66.8 Å². The largest absolute Gasteiger partial charge is 0.465 e. The van der Waals surface area contributed by atoms with E-state index in [1.165, 1.54) is 38.5 Å². The van der Waals surface area contributed by atoms with Gasteiger partial charge in [0, 0.05) is 11.8 Å². The summed E-state index contributed by atoms with van der Waals surface area (Å²) in [6.45, 7) is 2.23. The predicted octanol–water partition coefficient (Wildman–Crippen LogP) is 3.10. The number of amides is 1. The van der Waals surface area contributed by atoms with E-state index in [2.05, 4.69) is 5.32 Å². The van der Waals surface area contributed by atoms with Gasteiger partial charge in [0.15, 0.2) is 0 Å². The van der Waals surface area contributed by atoms with Gasteiger partial charge in [0.2, 0.25) is 0 Å². The third-order valence-corrected chi connectivity index (χ3v) is 6.96. The molecule has 1 N–H and O–H groups in total. The number of carbonyl (C=O) groups excluding carboxylic acids is 2. The molecule has 2 heterocycles. The predicted molar refractivity (Wildman–Crippen MR) is 90.1 cm³/mol. The Bertz CT molecular complexity index is 699. The number of carbonyl (C=O) groups is 2. The first-order valence-electron chi connectivity index (χ1n) is 9.61. The van der Waals surface area contributed by atoms with E-state index in [-0.39, 0.29) is 17.3 Å². The average molecular weight is 343 g/mol. The first-order chi connectivity index (χ1) is 12.0. The fourth-order valence-electron chi connectivity index (χ4n) is 6.24. The van der Waals surface area contributed by atoms with Crippen LogP contribution in [0.5, 0.6) is 0 Å². The number of hydrogen-bond donors (Lipinski definition) is 1. The number of furan rings is 1. The van der Waals surface area contributed by atoms with Crippen LogP contribution in [0.15, 0.2) is 10.5 Å². The minimum Gasteiger partial charge on any atom is -0.465 e. The maximum atomic E-state index is 12.6. The molecule has 1 atom stereocenters. The van der Waals surface area contributed by atoms with Crippen molar-refractivity contribution in [3.8, 4) is 0 Å². The molecule has 6 rings (SSSR count). The summed E-state index contributed by atoms with van der Waals surface area (Å²) in [6, 6.07) is 1.43. The van der Waals surface area contributed by atoms with Gasteiger partial charge in [-0.2, -0.15) is 0 Å². The van der Waals surface area contributed by atoms with Crippen LogP contribution in [0.25, 0.3) is 0 Å². The van der Waals surface area contributed by atoms with Gasteiger partial charge in [0.05, 0.1) is 12.2 Å². The van der Waals surface area contributed by atoms with Crippen LogP contribution in [0.4, 0.5) is 0 Å². The number of esters is 1. The van der Waals surface area contributed by atoms with Crippen molar-refractivity contribution in [2.24, 2.45) is 17.8 Å². The Kier molecular flexibility index (Phi) is 3.32. The number of aryl methyl sites for hydroxylation is 1. The molecule has 134 valence electrons.